The van der Waals surface area contributed by atoms with E-state index in [4.69, 9.17) is 11.6 Å². The minimum absolute atomic E-state index is 0.154. The minimum Gasteiger partial charge on any atom is -0.352 e. The topological polar surface area (TPSA) is 58.2 Å². The first kappa shape index (κ1) is 19.6. The molecule has 0 fully saturated rings. The van der Waals surface area contributed by atoms with Crippen LogP contribution in [0.4, 0.5) is 0 Å². The quantitative estimate of drug-likeness (QED) is 0.631. The molecule has 3 aromatic carbocycles. The Morgan fingerprint density at radius 2 is 1.29 bits per heavy atom. The third-order valence-corrected chi connectivity index (χ3v) is 4.72. The Labute approximate surface area is 169 Å². The van der Waals surface area contributed by atoms with Gasteiger partial charge in [0.05, 0.1) is 0 Å². The minimum atomic E-state index is -0.212. The fourth-order valence-electron chi connectivity index (χ4n) is 2.76. The summed E-state index contributed by atoms with van der Waals surface area (Å²) in [6, 6.07) is 24.0. The Hall–Kier alpha value is -3.11. The number of hydrogen-bond donors (Lipinski definition) is 2. The molecule has 0 bridgehead atoms. The maximum absolute atomic E-state index is 12.3. The van der Waals surface area contributed by atoms with Crippen molar-refractivity contribution in [1.82, 2.24) is 10.6 Å². The fourth-order valence-corrected chi connectivity index (χ4v) is 2.96. The highest BCUT2D eigenvalue weighted by molar-refractivity contribution is 6.31. The van der Waals surface area contributed by atoms with Crippen LogP contribution in [0.2, 0.25) is 5.02 Å². The standard InChI is InChI=1S/C23H21ClN2O2/c24-21-9-5-4-8-20(21)16-26-23(28)19-12-10-18(11-13-19)22(27)25-15-14-17-6-2-1-3-7-17/h1-13H,14-16H2,(H,25,27)(H,26,28). The van der Waals surface area contributed by atoms with Gasteiger partial charge in [-0.15, -0.1) is 0 Å². The van der Waals surface area contributed by atoms with Crippen LogP contribution in [-0.4, -0.2) is 18.4 Å². The average molecular weight is 393 g/mol. The first-order valence-electron chi connectivity index (χ1n) is 9.07. The Bertz CT molecular complexity index is 940. The maximum Gasteiger partial charge on any atom is 0.251 e. The molecule has 0 saturated carbocycles. The Balaban J connectivity index is 1.50. The molecule has 142 valence electrons. The lowest BCUT2D eigenvalue weighted by Crippen LogP contribution is -2.26. The molecule has 0 aliphatic carbocycles. The lowest BCUT2D eigenvalue weighted by molar-refractivity contribution is 0.0940. The third kappa shape index (κ3) is 5.44. The molecule has 4 nitrogen and oxygen atoms in total. The van der Waals surface area contributed by atoms with Gasteiger partial charge in [-0.05, 0) is 47.9 Å². The summed E-state index contributed by atoms with van der Waals surface area (Å²) in [7, 11) is 0. The Kier molecular flexibility index (Phi) is 6.82. The van der Waals surface area contributed by atoms with Crippen LogP contribution in [0.15, 0.2) is 78.9 Å². The van der Waals surface area contributed by atoms with Crippen molar-refractivity contribution in [1.29, 1.82) is 0 Å². The van der Waals surface area contributed by atoms with E-state index in [1.807, 2.05) is 48.5 Å². The molecule has 0 aliphatic heterocycles. The molecule has 0 spiro atoms. The number of carbonyl (C=O) groups is 2. The second kappa shape index (κ2) is 9.72. The molecule has 0 heterocycles. The summed E-state index contributed by atoms with van der Waals surface area (Å²) in [6.45, 7) is 0.906. The zero-order valence-corrected chi connectivity index (χ0v) is 16.1. The summed E-state index contributed by atoms with van der Waals surface area (Å²) in [5.74, 6) is -0.366. The molecule has 0 unspecified atom stereocenters. The van der Waals surface area contributed by atoms with E-state index in [1.165, 1.54) is 5.56 Å². The van der Waals surface area contributed by atoms with Crippen molar-refractivity contribution in [2.24, 2.45) is 0 Å². The lowest BCUT2D eigenvalue weighted by atomic mass is 10.1. The number of benzene rings is 3. The van der Waals surface area contributed by atoms with E-state index < -0.39 is 0 Å². The summed E-state index contributed by atoms with van der Waals surface area (Å²) in [5.41, 5.74) is 3.05. The van der Waals surface area contributed by atoms with E-state index in [0.29, 0.717) is 29.2 Å². The lowest BCUT2D eigenvalue weighted by Gasteiger charge is -2.08. The number of carbonyl (C=O) groups excluding carboxylic acids is 2. The van der Waals surface area contributed by atoms with E-state index in [0.717, 1.165) is 12.0 Å². The maximum atomic E-state index is 12.3. The highest BCUT2D eigenvalue weighted by Gasteiger charge is 2.09. The van der Waals surface area contributed by atoms with Gasteiger partial charge in [0.1, 0.15) is 0 Å². The second-order valence-corrected chi connectivity index (χ2v) is 6.75. The van der Waals surface area contributed by atoms with Crippen molar-refractivity contribution in [2.75, 3.05) is 6.54 Å². The highest BCUT2D eigenvalue weighted by atomic mass is 35.5. The van der Waals surface area contributed by atoms with E-state index in [9.17, 15) is 9.59 Å². The summed E-state index contributed by atoms with van der Waals surface area (Å²) in [4.78, 5) is 24.5. The van der Waals surface area contributed by atoms with Gasteiger partial charge in [0, 0.05) is 29.2 Å². The average Bonchev–Trinajstić information content (AvgIpc) is 2.74. The summed E-state index contributed by atoms with van der Waals surface area (Å²) >= 11 is 6.09. The van der Waals surface area contributed by atoms with E-state index in [1.54, 1.807) is 30.3 Å². The molecule has 2 N–H and O–H groups in total. The van der Waals surface area contributed by atoms with Crippen LogP contribution in [0, 0.1) is 0 Å². The number of halogens is 1. The summed E-state index contributed by atoms with van der Waals surface area (Å²) in [6.07, 6.45) is 0.773. The molecule has 0 aromatic heterocycles. The zero-order valence-electron chi connectivity index (χ0n) is 15.3. The number of nitrogens with one attached hydrogen (secondary N) is 2. The van der Waals surface area contributed by atoms with Crippen LogP contribution in [0.1, 0.15) is 31.8 Å². The molecule has 0 saturated heterocycles. The molecule has 0 atom stereocenters. The number of rotatable bonds is 7. The Morgan fingerprint density at radius 3 is 1.93 bits per heavy atom. The van der Waals surface area contributed by atoms with Crippen molar-refractivity contribution >= 4 is 23.4 Å². The fraction of sp³-hybridized carbons (Fsp3) is 0.130. The SMILES string of the molecule is O=C(NCCc1ccccc1)c1ccc(C(=O)NCc2ccccc2Cl)cc1. The van der Waals surface area contributed by atoms with Crippen LogP contribution in [-0.2, 0) is 13.0 Å². The molecule has 3 rings (SSSR count). The van der Waals surface area contributed by atoms with Crippen LogP contribution < -0.4 is 10.6 Å². The van der Waals surface area contributed by atoms with Gasteiger partial charge in [-0.1, -0.05) is 60.1 Å². The molecule has 28 heavy (non-hydrogen) atoms. The van der Waals surface area contributed by atoms with E-state index in [-0.39, 0.29) is 11.8 Å². The van der Waals surface area contributed by atoms with E-state index >= 15 is 0 Å². The largest absolute Gasteiger partial charge is 0.352 e. The molecule has 5 heteroatoms. The van der Waals surface area contributed by atoms with Crippen molar-refractivity contribution in [3.05, 3.63) is 106 Å². The van der Waals surface area contributed by atoms with Gasteiger partial charge < -0.3 is 10.6 Å². The second-order valence-electron chi connectivity index (χ2n) is 6.34. The van der Waals surface area contributed by atoms with Crippen molar-refractivity contribution < 1.29 is 9.59 Å². The summed E-state index contributed by atoms with van der Waals surface area (Å²) in [5, 5.41) is 6.34. The monoisotopic (exact) mass is 392 g/mol. The Morgan fingerprint density at radius 1 is 0.714 bits per heavy atom. The van der Waals surface area contributed by atoms with Gasteiger partial charge in [0.15, 0.2) is 0 Å². The van der Waals surface area contributed by atoms with Crippen molar-refractivity contribution in [3.63, 3.8) is 0 Å². The van der Waals surface area contributed by atoms with Gasteiger partial charge in [-0.2, -0.15) is 0 Å². The zero-order chi connectivity index (χ0) is 19.8. The number of hydrogen-bond acceptors (Lipinski definition) is 2. The molecule has 0 radical (unpaired) electrons. The van der Waals surface area contributed by atoms with Crippen LogP contribution in [0.25, 0.3) is 0 Å². The van der Waals surface area contributed by atoms with Gasteiger partial charge in [-0.25, -0.2) is 0 Å². The highest BCUT2D eigenvalue weighted by Crippen LogP contribution is 2.14. The van der Waals surface area contributed by atoms with E-state index in [2.05, 4.69) is 10.6 Å². The van der Waals surface area contributed by atoms with Gasteiger partial charge in [-0.3, -0.25) is 9.59 Å². The molecule has 2 amide bonds. The normalized spacial score (nSPS) is 10.3. The third-order valence-electron chi connectivity index (χ3n) is 4.35. The summed E-state index contributed by atoms with van der Waals surface area (Å²) < 4.78 is 0. The predicted octanol–water partition coefficient (Wildman–Crippen LogP) is 4.24. The number of amides is 2. The molecule has 3 aromatic rings. The van der Waals surface area contributed by atoms with Gasteiger partial charge >= 0.3 is 0 Å². The first-order valence-corrected chi connectivity index (χ1v) is 9.45. The first-order chi connectivity index (χ1) is 13.6. The van der Waals surface area contributed by atoms with Gasteiger partial charge in [0.2, 0.25) is 0 Å². The van der Waals surface area contributed by atoms with Crippen LogP contribution in [0.3, 0.4) is 0 Å². The molecular formula is C23H21ClN2O2. The van der Waals surface area contributed by atoms with Crippen LogP contribution >= 0.6 is 11.6 Å². The van der Waals surface area contributed by atoms with Gasteiger partial charge in [0.25, 0.3) is 11.8 Å². The van der Waals surface area contributed by atoms with Crippen molar-refractivity contribution in [3.8, 4) is 0 Å². The smallest absolute Gasteiger partial charge is 0.251 e. The molecule has 0 aliphatic rings. The van der Waals surface area contributed by atoms with Crippen LogP contribution in [0.5, 0.6) is 0 Å². The predicted molar refractivity (Wildman–Crippen MR) is 112 cm³/mol. The van der Waals surface area contributed by atoms with Crippen molar-refractivity contribution in [2.45, 2.75) is 13.0 Å². The molecular weight excluding hydrogens is 372 g/mol.